The third-order valence-corrected chi connectivity index (χ3v) is 7.56. The van der Waals surface area contributed by atoms with Crippen LogP contribution in [0.1, 0.15) is 111 Å². The Bertz CT molecular complexity index is 798. The molecule has 0 aliphatic rings. The largest absolute Gasteiger partial charge is 2.00 e. The first kappa shape index (κ1) is 33.8. The van der Waals surface area contributed by atoms with Crippen LogP contribution in [0.15, 0.2) is 46.2 Å². The molecule has 0 bridgehead atoms. The fraction of sp³-hybridized carbons (Fsp3) is 0.600. The van der Waals surface area contributed by atoms with E-state index in [0.29, 0.717) is 9.79 Å². The smallest absolute Gasteiger partial charge is 0.872 e. The maximum atomic E-state index is 12.6. The second-order valence-electron chi connectivity index (χ2n) is 10.5. The van der Waals surface area contributed by atoms with E-state index in [4.69, 9.17) is 5.73 Å². The number of hydrogen-bond donors (Lipinski definition) is 1. The van der Waals surface area contributed by atoms with Crippen molar-refractivity contribution in [3.8, 4) is 11.5 Å². The van der Waals surface area contributed by atoms with Crippen LogP contribution in [0.4, 0.5) is 0 Å². The standard InChI is InChI=1S/C28H42O2S.C2H7N.Ni/c1-7-9-11-17-27(3,4)21-13-15-23(29)25(19-21)31-26-20-22(14-16-24(26)30)28(5,6)18-12-10-8-2;1-2-3;/h13-16,19-20,29-30H,7-12,17-18H2,1-6H3;2-3H2,1H3;/q;;+2/p-2. The van der Waals surface area contributed by atoms with Crippen molar-refractivity contribution in [3.05, 3.63) is 47.5 Å². The van der Waals surface area contributed by atoms with Gasteiger partial charge in [0.1, 0.15) is 0 Å². The number of hydrogen-bond acceptors (Lipinski definition) is 4. The van der Waals surface area contributed by atoms with Gasteiger partial charge in [-0.15, -0.1) is 0 Å². The van der Waals surface area contributed by atoms with Gasteiger partial charge in [-0.3, -0.25) is 0 Å². The maximum Gasteiger partial charge on any atom is 2.00 e. The monoisotopic (exact) mass is 543 g/mol. The second-order valence-corrected chi connectivity index (χ2v) is 11.6. The molecule has 0 fully saturated rings. The summed E-state index contributed by atoms with van der Waals surface area (Å²) >= 11 is 1.33. The summed E-state index contributed by atoms with van der Waals surface area (Å²) in [6, 6.07) is 11.3. The van der Waals surface area contributed by atoms with Gasteiger partial charge < -0.3 is 15.9 Å². The van der Waals surface area contributed by atoms with Crippen LogP contribution in [-0.4, -0.2) is 6.54 Å². The van der Waals surface area contributed by atoms with E-state index in [9.17, 15) is 10.2 Å². The Labute approximate surface area is 229 Å². The molecule has 0 amide bonds. The molecule has 2 aromatic carbocycles. The Morgan fingerprint density at radius 1 is 0.686 bits per heavy atom. The zero-order valence-electron chi connectivity index (χ0n) is 22.9. The zero-order chi connectivity index (χ0) is 25.8. The van der Waals surface area contributed by atoms with Gasteiger partial charge in [-0.2, -0.15) is 0 Å². The quantitative estimate of drug-likeness (QED) is 0.220. The maximum absolute atomic E-state index is 12.6. The Morgan fingerprint density at radius 3 is 1.34 bits per heavy atom. The molecule has 0 atom stereocenters. The average Bonchev–Trinajstić information content (AvgIpc) is 2.77. The molecule has 0 aliphatic carbocycles. The fourth-order valence-electron chi connectivity index (χ4n) is 4.06. The summed E-state index contributed by atoms with van der Waals surface area (Å²) in [4.78, 5) is 1.30. The Morgan fingerprint density at radius 2 is 1.03 bits per heavy atom. The van der Waals surface area contributed by atoms with E-state index in [0.717, 1.165) is 19.4 Å². The zero-order valence-corrected chi connectivity index (χ0v) is 24.8. The van der Waals surface area contributed by atoms with Crippen molar-refractivity contribution < 1.29 is 26.7 Å². The Balaban J connectivity index is 0.00000274. The van der Waals surface area contributed by atoms with Crippen molar-refractivity contribution in [1.29, 1.82) is 0 Å². The summed E-state index contributed by atoms with van der Waals surface area (Å²) in [6.45, 7) is 16.1. The van der Waals surface area contributed by atoms with E-state index >= 15 is 0 Å². The summed E-state index contributed by atoms with van der Waals surface area (Å²) in [5.41, 5.74) is 7.23. The minimum atomic E-state index is -0.00915. The molecule has 0 spiro atoms. The van der Waals surface area contributed by atoms with Gasteiger partial charge >= 0.3 is 16.5 Å². The summed E-state index contributed by atoms with van der Waals surface area (Å²) in [7, 11) is 0. The normalized spacial score (nSPS) is 11.4. The molecule has 35 heavy (non-hydrogen) atoms. The predicted molar refractivity (Wildman–Crippen MR) is 145 cm³/mol. The molecule has 5 heteroatoms. The van der Waals surface area contributed by atoms with Crippen LogP contribution in [0.25, 0.3) is 0 Å². The molecule has 0 saturated carbocycles. The molecule has 200 valence electrons. The molecule has 2 N–H and O–H groups in total. The van der Waals surface area contributed by atoms with Crippen LogP contribution < -0.4 is 15.9 Å². The molecular formula is C30H47NNiO2S. The van der Waals surface area contributed by atoms with Crippen molar-refractivity contribution in [1.82, 2.24) is 0 Å². The van der Waals surface area contributed by atoms with Crippen LogP contribution in [-0.2, 0) is 27.3 Å². The molecule has 0 aliphatic heterocycles. The summed E-state index contributed by atoms with van der Waals surface area (Å²) < 4.78 is 0. The average molecular weight is 544 g/mol. The first-order chi connectivity index (χ1) is 16.0. The van der Waals surface area contributed by atoms with Crippen molar-refractivity contribution in [2.24, 2.45) is 5.73 Å². The van der Waals surface area contributed by atoms with Crippen LogP contribution in [0.5, 0.6) is 11.5 Å². The van der Waals surface area contributed by atoms with Crippen LogP contribution in [0.3, 0.4) is 0 Å². The van der Waals surface area contributed by atoms with Gasteiger partial charge in [-0.1, -0.05) is 135 Å². The number of benzene rings is 2. The molecule has 0 unspecified atom stereocenters. The molecule has 0 aromatic heterocycles. The molecule has 2 aromatic rings. The van der Waals surface area contributed by atoms with Crippen LogP contribution in [0, 0.1) is 0 Å². The van der Waals surface area contributed by atoms with Gasteiger partial charge in [0.05, 0.1) is 0 Å². The Kier molecular flexibility index (Phi) is 16.0. The van der Waals surface area contributed by atoms with Gasteiger partial charge in [-0.25, -0.2) is 0 Å². The van der Waals surface area contributed by atoms with Gasteiger partial charge in [0.25, 0.3) is 0 Å². The molecular weight excluding hydrogens is 497 g/mol. The molecule has 0 heterocycles. The van der Waals surface area contributed by atoms with E-state index < -0.39 is 0 Å². The summed E-state index contributed by atoms with van der Waals surface area (Å²) in [5.74, 6) is -0.0183. The first-order valence-electron chi connectivity index (χ1n) is 13.0. The van der Waals surface area contributed by atoms with Crippen molar-refractivity contribution >= 4 is 11.8 Å². The number of rotatable bonds is 12. The van der Waals surface area contributed by atoms with Crippen molar-refractivity contribution in [2.75, 3.05) is 6.54 Å². The molecule has 0 saturated heterocycles. The van der Waals surface area contributed by atoms with Gasteiger partial charge in [0, 0.05) is 9.79 Å². The van der Waals surface area contributed by atoms with Gasteiger partial charge in [-0.05, 0) is 53.5 Å². The number of unbranched alkanes of at least 4 members (excludes halogenated alkanes) is 4. The van der Waals surface area contributed by atoms with Gasteiger partial charge in [0.2, 0.25) is 0 Å². The topological polar surface area (TPSA) is 72.1 Å². The predicted octanol–water partition coefficient (Wildman–Crippen LogP) is 7.66. The van der Waals surface area contributed by atoms with Crippen molar-refractivity contribution in [3.63, 3.8) is 0 Å². The third kappa shape index (κ3) is 11.2. The van der Waals surface area contributed by atoms with E-state index in [-0.39, 0.29) is 38.8 Å². The van der Waals surface area contributed by atoms with Crippen LogP contribution >= 0.6 is 11.8 Å². The van der Waals surface area contributed by atoms with E-state index in [1.807, 2.05) is 31.2 Å². The SMILES string of the molecule is CCCCCC(C)(C)c1ccc([O-])c(Sc2cc(C(C)(C)CCCCC)ccc2[O-])c1.CCN.[Ni+2]. The third-order valence-electron chi connectivity index (χ3n) is 6.48. The van der Waals surface area contributed by atoms with E-state index in [2.05, 4.69) is 41.5 Å². The molecule has 0 radical (unpaired) electrons. The second kappa shape index (κ2) is 16.6. The fourth-order valence-corrected chi connectivity index (χ4v) is 5.00. The molecule has 2 rings (SSSR count). The minimum absolute atomic E-state index is 0. The first-order valence-corrected chi connectivity index (χ1v) is 13.8. The van der Waals surface area contributed by atoms with Gasteiger partial charge in [0.15, 0.2) is 0 Å². The Hall–Kier alpha value is -1.16. The molecule has 3 nitrogen and oxygen atoms in total. The van der Waals surface area contributed by atoms with E-state index in [1.54, 1.807) is 12.1 Å². The van der Waals surface area contributed by atoms with Crippen molar-refractivity contribution in [2.45, 2.75) is 120 Å². The summed E-state index contributed by atoms with van der Waals surface area (Å²) in [5, 5.41) is 25.2. The summed E-state index contributed by atoms with van der Waals surface area (Å²) in [6.07, 6.45) is 9.42. The number of nitrogens with two attached hydrogens (primary N) is 1. The van der Waals surface area contributed by atoms with E-state index in [1.165, 1.54) is 61.4 Å². The minimum Gasteiger partial charge on any atom is -0.872 e. The van der Waals surface area contributed by atoms with Crippen LogP contribution in [0.2, 0.25) is 0 Å².